The second kappa shape index (κ2) is 12.0. The summed E-state index contributed by atoms with van der Waals surface area (Å²) in [6.07, 6.45) is -4.44. The average molecular weight is 577 g/mol. The zero-order valence-corrected chi connectivity index (χ0v) is 22.7. The topological polar surface area (TPSA) is 78.3 Å². The van der Waals surface area contributed by atoms with Crippen molar-refractivity contribution >= 4 is 29.3 Å². The largest absolute Gasteiger partial charge is 0.496 e. The van der Waals surface area contributed by atoms with Gasteiger partial charge < -0.3 is 14.8 Å². The number of carbonyl (C=O) groups is 1. The maximum Gasteiger partial charge on any atom is 0.416 e. The summed E-state index contributed by atoms with van der Waals surface area (Å²) in [7, 11) is 2.91. The SMILES string of the molecule is COc1cccc(OC)c1C(=O)NC(C)c1nnc(SCc2cccc(C(F)(F)F)c2)n1-c1cccc(Cl)c1. The van der Waals surface area contributed by atoms with Gasteiger partial charge in [-0.1, -0.05) is 53.7 Å². The second-order valence-corrected chi connectivity index (χ2v) is 9.75. The molecule has 0 bridgehead atoms. The summed E-state index contributed by atoms with van der Waals surface area (Å²) in [5, 5.41) is 12.4. The Labute approximate surface area is 232 Å². The lowest BCUT2D eigenvalue weighted by Gasteiger charge is -2.18. The zero-order valence-electron chi connectivity index (χ0n) is 21.1. The van der Waals surface area contributed by atoms with E-state index in [2.05, 4.69) is 15.5 Å². The quantitative estimate of drug-likeness (QED) is 0.222. The van der Waals surface area contributed by atoms with Crippen LogP contribution in [-0.2, 0) is 11.9 Å². The Hall–Kier alpha value is -3.70. The van der Waals surface area contributed by atoms with Crippen LogP contribution in [0.2, 0.25) is 5.02 Å². The summed E-state index contributed by atoms with van der Waals surface area (Å²) in [5.41, 5.74) is 0.606. The van der Waals surface area contributed by atoms with Gasteiger partial charge in [0.15, 0.2) is 11.0 Å². The lowest BCUT2D eigenvalue weighted by Crippen LogP contribution is -2.29. The monoisotopic (exact) mass is 576 g/mol. The molecule has 1 amide bonds. The molecule has 0 saturated heterocycles. The van der Waals surface area contributed by atoms with Crippen LogP contribution >= 0.6 is 23.4 Å². The van der Waals surface area contributed by atoms with Crippen molar-refractivity contribution in [3.05, 3.63) is 94.3 Å². The molecule has 1 heterocycles. The molecular formula is C27H24ClF3N4O3S. The van der Waals surface area contributed by atoms with E-state index >= 15 is 0 Å². The molecule has 1 atom stereocenters. The molecule has 0 spiro atoms. The fraction of sp³-hybridized carbons (Fsp3) is 0.222. The van der Waals surface area contributed by atoms with E-state index in [1.54, 1.807) is 60.0 Å². The Kier molecular flexibility index (Phi) is 8.71. The highest BCUT2D eigenvalue weighted by molar-refractivity contribution is 7.98. The minimum absolute atomic E-state index is 0.210. The molecule has 39 heavy (non-hydrogen) atoms. The van der Waals surface area contributed by atoms with Crippen molar-refractivity contribution in [3.8, 4) is 17.2 Å². The molecule has 0 fully saturated rings. The third-order valence-electron chi connectivity index (χ3n) is 5.74. The molecule has 4 aromatic rings. The van der Waals surface area contributed by atoms with E-state index < -0.39 is 23.7 Å². The van der Waals surface area contributed by atoms with Crippen molar-refractivity contribution in [1.82, 2.24) is 20.1 Å². The first kappa shape index (κ1) is 28.3. The minimum Gasteiger partial charge on any atom is -0.496 e. The first-order chi connectivity index (χ1) is 18.6. The highest BCUT2D eigenvalue weighted by Crippen LogP contribution is 2.33. The number of hydrogen-bond donors (Lipinski definition) is 1. The van der Waals surface area contributed by atoms with Gasteiger partial charge in [-0.2, -0.15) is 13.2 Å². The highest BCUT2D eigenvalue weighted by Gasteiger charge is 2.30. The summed E-state index contributed by atoms with van der Waals surface area (Å²) >= 11 is 7.46. The van der Waals surface area contributed by atoms with Gasteiger partial charge in [0, 0.05) is 10.8 Å². The van der Waals surface area contributed by atoms with Crippen LogP contribution in [0.4, 0.5) is 13.2 Å². The predicted octanol–water partition coefficient (Wildman–Crippen LogP) is 6.74. The van der Waals surface area contributed by atoms with Crippen LogP contribution in [0.3, 0.4) is 0 Å². The summed E-state index contributed by atoms with van der Waals surface area (Å²) in [6.45, 7) is 1.74. The molecule has 1 N–H and O–H groups in total. The van der Waals surface area contributed by atoms with Gasteiger partial charge in [-0.3, -0.25) is 9.36 Å². The van der Waals surface area contributed by atoms with E-state index in [1.165, 1.54) is 32.0 Å². The lowest BCUT2D eigenvalue weighted by molar-refractivity contribution is -0.137. The number of ether oxygens (including phenoxy) is 2. The first-order valence-electron chi connectivity index (χ1n) is 11.6. The third kappa shape index (κ3) is 6.48. The number of nitrogens with zero attached hydrogens (tertiary/aromatic N) is 3. The van der Waals surface area contributed by atoms with Gasteiger partial charge in [0.25, 0.3) is 5.91 Å². The van der Waals surface area contributed by atoms with Crippen molar-refractivity contribution in [2.45, 2.75) is 30.1 Å². The maximum atomic E-state index is 13.3. The second-order valence-electron chi connectivity index (χ2n) is 8.38. The number of rotatable bonds is 9. The number of halogens is 4. The van der Waals surface area contributed by atoms with Gasteiger partial charge in [-0.25, -0.2) is 0 Å². The highest BCUT2D eigenvalue weighted by atomic mass is 35.5. The van der Waals surface area contributed by atoms with Crippen LogP contribution < -0.4 is 14.8 Å². The van der Waals surface area contributed by atoms with Crippen LogP contribution in [0.25, 0.3) is 5.69 Å². The fourth-order valence-electron chi connectivity index (χ4n) is 3.91. The van der Waals surface area contributed by atoms with Crippen molar-refractivity contribution in [2.24, 2.45) is 0 Å². The Bertz CT molecular complexity index is 1460. The predicted molar refractivity (Wildman–Crippen MR) is 143 cm³/mol. The summed E-state index contributed by atoms with van der Waals surface area (Å²) in [6, 6.07) is 16.5. The standard InChI is InChI=1S/C27H24ClF3N4O3S/c1-16(32-25(36)23-21(37-2)11-6-12-22(23)38-3)24-33-34-26(35(24)20-10-5-9-19(28)14-20)39-15-17-7-4-8-18(13-17)27(29,30)31/h4-14,16H,15H2,1-3H3,(H,32,36). The van der Waals surface area contributed by atoms with Crippen LogP contribution in [0.5, 0.6) is 11.5 Å². The summed E-state index contributed by atoms with van der Waals surface area (Å²) < 4.78 is 51.9. The van der Waals surface area contributed by atoms with Gasteiger partial charge in [0.2, 0.25) is 0 Å². The van der Waals surface area contributed by atoms with E-state index in [-0.39, 0.29) is 11.3 Å². The third-order valence-corrected chi connectivity index (χ3v) is 6.97. The van der Waals surface area contributed by atoms with Crippen LogP contribution in [-0.4, -0.2) is 34.9 Å². The number of carbonyl (C=O) groups excluding carboxylic acids is 1. The number of amides is 1. The number of aromatic nitrogens is 3. The molecule has 0 saturated carbocycles. The summed E-state index contributed by atoms with van der Waals surface area (Å²) in [4.78, 5) is 13.3. The van der Waals surface area contributed by atoms with Crippen LogP contribution in [0, 0.1) is 0 Å². The van der Waals surface area contributed by atoms with Crippen molar-refractivity contribution in [3.63, 3.8) is 0 Å². The van der Waals surface area contributed by atoms with Gasteiger partial charge in [0.05, 0.1) is 31.5 Å². The number of hydrogen-bond acceptors (Lipinski definition) is 6. The zero-order chi connectivity index (χ0) is 28.2. The lowest BCUT2D eigenvalue weighted by atomic mass is 10.1. The Morgan fingerprint density at radius 1 is 1.03 bits per heavy atom. The molecule has 0 aliphatic carbocycles. The Morgan fingerprint density at radius 3 is 2.33 bits per heavy atom. The van der Waals surface area contributed by atoms with Gasteiger partial charge >= 0.3 is 6.18 Å². The molecule has 1 unspecified atom stereocenters. The van der Waals surface area contributed by atoms with E-state index in [4.69, 9.17) is 21.1 Å². The number of thioether (sulfide) groups is 1. The number of benzene rings is 3. The summed E-state index contributed by atoms with van der Waals surface area (Å²) in [5.74, 6) is 0.837. The van der Waals surface area contributed by atoms with E-state index in [0.29, 0.717) is 38.8 Å². The van der Waals surface area contributed by atoms with E-state index in [1.807, 2.05) is 0 Å². The van der Waals surface area contributed by atoms with E-state index in [0.717, 1.165) is 12.1 Å². The number of nitrogens with one attached hydrogen (secondary N) is 1. The van der Waals surface area contributed by atoms with Crippen LogP contribution in [0.1, 0.15) is 40.3 Å². The molecule has 0 aliphatic heterocycles. The molecule has 0 aliphatic rings. The average Bonchev–Trinajstić information content (AvgIpc) is 3.35. The molecule has 1 aromatic heterocycles. The van der Waals surface area contributed by atoms with E-state index in [9.17, 15) is 18.0 Å². The molecule has 7 nitrogen and oxygen atoms in total. The molecule has 204 valence electrons. The van der Waals surface area contributed by atoms with Gasteiger partial charge in [-0.05, 0) is 48.9 Å². The fourth-order valence-corrected chi connectivity index (χ4v) is 4.99. The first-order valence-corrected chi connectivity index (χ1v) is 13.0. The Balaban J connectivity index is 1.65. The maximum absolute atomic E-state index is 13.3. The minimum atomic E-state index is -4.44. The molecule has 0 radical (unpaired) electrons. The molecule has 4 rings (SSSR count). The van der Waals surface area contributed by atoms with Crippen molar-refractivity contribution in [2.75, 3.05) is 14.2 Å². The smallest absolute Gasteiger partial charge is 0.416 e. The van der Waals surface area contributed by atoms with Crippen molar-refractivity contribution in [1.29, 1.82) is 0 Å². The normalized spacial score (nSPS) is 12.2. The molecule has 12 heteroatoms. The molecule has 3 aromatic carbocycles. The Morgan fingerprint density at radius 2 is 1.69 bits per heavy atom. The molecular weight excluding hydrogens is 553 g/mol. The number of methoxy groups -OCH3 is 2. The number of alkyl halides is 3. The van der Waals surface area contributed by atoms with Gasteiger partial charge in [0.1, 0.15) is 17.1 Å². The van der Waals surface area contributed by atoms with Gasteiger partial charge in [-0.15, -0.1) is 10.2 Å². The van der Waals surface area contributed by atoms with Crippen LogP contribution in [0.15, 0.2) is 71.9 Å². The van der Waals surface area contributed by atoms with Crippen molar-refractivity contribution < 1.29 is 27.4 Å².